The van der Waals surface area contributed by atoms with E-state index in [1.165, 1.54) is 10.9 Å². The number of aromatic nitrogens is 3. The molecular weight excluding hydrogens is 324 g/mol. The maximum absolute atomic E-state index is 12.3. The third-order valence-corrected chi connectivity index (χ3v) is 4.65. The van der Waals surface area contributed by atoms with Gasteiger partial charge in [-0.1, -0.05) is 29.8 Å². The lowest BCUT2D eigenvalue weighted by atomic mass is 10.1. The third-order valence-electron chi connectivity index (χ3n) is 4.33. The molecule has 6 heteroatoms. The minimum atomic E-state index is 0.118. The molecule has 1 aromatic carbocycles. The summed E-state index contributed by atoms with van der Waals surface area (Å²) in [5.41, 5.74) is 3.25. The minimum Gasteiger partial charge on any atom is -0.361 e. The summed E-state index contributed by atoms with van der Waals surface area (Å²) in [6.45, 7) is 0.473. The van der Waals surface area contributed by atoms with Crippen molar-refractivity contribution in [1.82, 2.24) is 19.7 Å². The predicted octanol–water partition coefficient (Wildman–Crippen LogP) is 3.54. The number of hydrogen-bond donors (Lipinski definition) is 1. The Bertz CT molecular complexity index is 832. The van der Waals surface area contributed by atoms with Gasteiger partial charge in [-0.25, -0.2) is 0 Å². The normalized spacial score (nSPS) is 11.1. The monoisotopic (exact) mass is 344 g/mol. The molecule has 0 atom stereocenters. The van der Waals surface area contributed by atoms with Crippen LogP contribution in [0.5, 0.6) is 0 Å². The summed E-state index contributed by atoms with van der Waals surface area (Å²) < 4.78 is 1.71. The lowest BCUT2D eigenvalue weighted by molar-refractivity contribution is -0.130. The Labute approximate surface area is 146 Å². The number of hydrogen-bond acceptors (Lipinski definition) is 2. The highest BCUT2D eigenvalue weighted by molar-refractivity contribution is 6.31. The fourth-order valence-corrected chi connectivity index (χ4v) is 3.11. The summed E-state index contributed by atoms with van der Waals surface area (Å²) in [5.74, 6) is 0.118. The lowest BCUT2D eigenvalue weighted by Crippen LogP contribution is -2.27. The molecule has 1 amide bonds. The highest BCUT2D eigenvalue weighted by atomic mass is 35.5. The largest absolute Gasteiger partial charge is 0.361 e. The fourth-order valence-electron chi connectivity index (χ4n) is 2.89. The van der Waals surface area contributed by atoms with Crippen molar-refractivity contribution in [2.45, 2.75) is 25.8 Å². The maximum Gasteiger partial charge on any atom is 0.222 e. The zero-order chi connectivity index (χ0) is 17.1. The molecule has 0 aliphatic rings. The number of carbonyl (C=O) groups excluding carboxylic acids is 1. The van der Waals surface area contributed by atoms with Crippen molar-refractivity contribution in [3.63, 3.8) is 0 Å². The van der Waals surface area contributed by atoms with E-state index in [1.54, 1.807) is 22.8 Å². The molecule has 2 heterocycles. The number of nitrogens with zero attached hydrogens (tertiary/aromatic N) is 3. The Morgan fingerprint density at radius 1 is 1.38 bits per heavy atom. The van der Waals surface area contributed by atoms with Gasteiger partial charge >= 0.3 is 0 Å². The van der Waals surface area contributed by atoms with Crippen molar-refractivity contribution in [3.8, 4) is 0 Å². The van der Waals surface area contributed by atoms with Gasteiger partial charge in [0.05, 0.1) is 23.5 Å². The Kier molecular flexibility index (Phi) is 4.90. The van der Waals surface area contributed by atoms with Crippen LogP contribution in [0, 0.1) is 0 Å². The number of H-pyrrole nitrogens is 1. The Morgan fingerprint density at radius 2 is 2.17 bits per heavy atom. The van der Waals surface area contributed by atoms with Crippen LogP contribution in [0.3, 0.4) is 0 Å². The average molecular weight is 345 g/mol. The first-order valence-electron chi connectivity index (χ1n) is 8.01. The topological polar surface area (TPSA) is 53.9 Å². The molecule has 2 aromatic heterocycles. The van der Waals surface area contributed by atoms with E-state index in [4.69, 9.17) is 11.6 Å². The first-order valence-corrected chi connectivity index (χ1v) is 8.39. The third kappa shape index (κ3) is 3.46. The molecule has 1 N–H and O–H groups in total. The summed E-state index contributed by atoms with van der Waals surface area (Å²) in [5, 5.41) is 5.93. The SMILES string of the molecule is CN(Cc1c(Cl)cnn1C)C(=O)CCCc1c[nH]c2ccccc12. The van der Waals surface area contributed by atoms with E-state index in [2.05, 4.69) is 22.2 Å². The van der Waals surface area contributed by atoms with Crippen LogP contribution in [0.15, 0.2) is 36.7 Å². The molecule has 126 valence electrons. The van der Waals surface area contributed by atoms with Gasteiger partial charge in [0.15, 0.2) is 0 Å². The number of para-hydroxylation sites is 1. The van der Waals surface area contributed by atoms with Crippen molar-refractivity contribution in [2.24, 2.45) is 7.05 Å². The van der Waals surface area contributed by atoms with Gasteiger partial charge < -0.3 is 9.88 Å². The van der Waals surface area contributed by atoms with Crippen LogP contribution in [0.4, 0.5) is 0 Å². The number of rotatable bonds is 6. The number of aromatic amines is 1. The van der Waals surface area contributed by atoms with Crippen molar-refractivity contribution in [3.05, 3.63) is 52.9 Å². The summed E-state index contributed by atoms with van der Waals surface area (Å²) >= 11 is 6.10. The van der Waals surface area contributed by atoms with E-state index < -0.39 is 0 Å². The van der Waals surface area contributed by atoms with E-state index >= 15 is 0 Å². The molecule has 0 spiro atoms. The van der Waals surface area contributed by atoms with E-state index in [0.29, 0.717) is 18.0 Å². The highest BCUT2D eigenvalue weighted by Crippen LogP contribution is 2.20. The Balaban J connectivity index is 1.54. The average Bonchev–Trinajstić information content (AvgIpc) is 3.13. The van der Waals surface area contributed by atoms with Gasteiger partial charge in [0.25, 0.3) is 0 Å². The van der Waals surface area contributed by atoms with Crippen LogP contribution in [0.25, 0.3) is 10.9 Å². The zero-order valence-electron chi connectivity index (χ0n) is 13.9. The molecular formula is C18H21ClN4O. The molecule has 0 bridgehead atoms. The zero-order valence-corrected chi connectivity index (χ0v) is 14.7. The second-order valence-electron chi connectivity index (χ2n) is 6.03. The maximum atomic E-state index is 12.3. The standard InChI is InChI=1S/C18H21ClN4O/c1-22(12-17-15(19)11-21-23(17)2)18(24)9-5-6-13-10-20-16-8-4-3-7-14(13)16/h3-4,7-8,10-11,20H,5-6,9,12H2,1-2H3. The van der Waals surface area contributed by atoms with Crippen LogP contribution < -0.4 is 0 Å². The van der Waals surface area contributed by atoms with E-state index in [-0.39, 0.29) is 5.91 Å². The van der Waals surface area contributed by atoms with Crippen LogP contribution >= 0.6 is 11.6 Å². The Hall–Kier alpha value is -2.27. The Morgan fingerprint density at radius 3 is 2.92 bits per heavy atom. The molecule has 0 saturated heterocycles. The van der Waals surface area contributed by atoms with E-state index in [9.17, 15) is 4.79 Å². The van der Waals surface area contributed by atoms with Gasteiger partial charge in [-0.05, 0) is 24.5 Å². The number of aryl methyl sites for hydroxylation is 2. The first-order chi connectivity index (χ1) is 11.6. The lowest BCUT2D eigenvalue weighted by Gasteiger charge is -2.17. The summed E-state index contributed by atoms with van der Waals surface area (Å²) in [6.07, 6.45) is 5.87. The number of nitrogens with one attached hydrogen (secondary N) is 1. The fraction of sp³-hybridized carbons (Fsp3) is 0.333. The number of fused-ring (bicyclic) bond motifs is 1. The molecule has 0 radical (unpaired) electrons. The quantitative estimate of drug-likeness (QED) is 0.743. The number of carbonyl (C=O) groups is 1. The second-order valence-corrected chi connectivity index (χ2v) is 6.43. The van der Waals surface area contributed by atoms with Crippen LogP contribution in [0.2, 0.25) is 5.02 Å². The molecule has 0 aliphatic carbocycles. The molecule has 0 aliphatic heterocycles. The molecule has 0 unspecified atom stereocenters. The molecule has 3 rings (SSSR count). The van der Waals surface area contributed by atoms with Crippen molar-refractivity contribution < 1.29 is 4.79 Å². The van der Waals surface area contributed by atoms with E-state index in [0.717, 1.165) is 24.1 Å². The van der Waals surface area contributed by atoms with Gasteiger partial charge in [0.2, 0.25) is 5.91 Å². The summed E-state index contributed by atoms with van der Waals surface area (Å²) in [4.78, 5) is 17.3. The molecule has 5 nitrogen and oxygen atoms in total. The number of amides is 1. The molecule has 3 aromatic rings. The van der Waals surface area contributed by atoms with Gasteiger partial charge in [0, 0.05) is 37.6 Å². The first kappa shape index (κ1) is 16.6. The second kappa shape index (κ2) is 7.09. The van der Waals surface area contributed by atoms with Crippen LogP contribution in [-0.4, -0.2) is 32.6 Å². The van der Waals surface area contributed by atoms with Gasteiger partial charge in [0.1, 0.15) is 0 Å². The molecule has 0 saturated carbocycles. The number of halogens is 1. The van der Waals surface area contributed by atoms with Gasteiger partial charge in [-0.2, -0.15) is 5.10 Å². The minimum absolute atomic E-state index is 0.118. The van der Waals surface area contributed by atoms with Gasteiger partial charge in [-0.15, -0.1) is 0 Å². The summed E-state index contributed by atoms with van der Waals surface area (Å²) in [6, 6.07) is 8.23. The van der Waals surface area contributed by atoms with Crippen molar-refractivity contribution in [1.29, 1.82) is 0 Å². The molecule has 24 heavy (non-hydrogen) atoms. The van der Waals surface area contributed by atoms with Crippen LogP contribution in [0.1, 0.15) is 24.1 Å². The smallest absolute Gasteiger partial charge is 0.222 e. The van der Waals surface area contributed by atoms with Crippen LogP contribution in [-0.2, 0) is 24.8 Å². The van der Waals surface area contributed by atoms with E-state index in [1.807, 2.05) is 25.4 Å². The highest BCUT2D eigenvalue weighted by Gasteiger charge is 2.14. The van der Waals surface area contributed by atoms with Gasteiger partial charge in [-0.3, -0.25) is 9.48 Å². The number of benzene rings is 1. The van der Waals surface area contributed by atoms with Crippen molar-refractivity contribution in [2.75, 3.05) is 7.05 Å². The molecule has 0 fully saturated rings. The summed E-state index contributed by atoms with van der Waals surface area (Å²) in [7, 11) is 3.63. The predicted molar refractivity (Wildman–Crippen MR) is 95.9 cm³/mol. The van der Waals surface area contributed by atoms with Crippen molar-refractivity contribution >= 4 is 28.4 Å².